The van der Waals surface area contributed by atoms with E-state index in [1.165, 1.54) is 41.5 Å². The van der Waals surface area contributed by atoms with E-state index >= 15 is 0 Å². The largest absolute Gasteiger partial charge is 0.479 e. The fourth-order valence-corrected chi connectivity index (χ4v) is 4.86. The number of fused-ring (bicyclic) bond motifs is 1. The summed E-state index contributed by atoms with van der Waals surface area (Å²) in [6.07, 6.45) is 1.21. The van der Waals surface area contributed by atoms with Crippen LogP contribution in [0, 0.1) is 0 Å². The van der Waals surface area contributed by atoms with E-state index in [1.54, 1.807) is 4.57 Å². The van der Waals surface area contributed by atoms with Crippen LogP contribution in [0.4, 0.5) is 5.95 Å². The summed E-state index contributed by atoms with van der Waals surface area (Å²) in [6, 6.07) is -1.81. The second-order valence-electron chi connectivity index (χ2n) is 6.73. The minimum atomic E-state index is -3.56. The standard InChI is InChI=1S/C17H28N7O7P/c1-10(15(25)29-4)22-32(27,23-11(2)16(26)30-5)9-31-7-6-24-8-19-12-13(24)20-17(18)21-14(12)28-3/h8,10-11H,6-7,9H2,1-5H3,(H2,18,20,21)(H2,22,23,27)/t10-,11-/m1/s1. The average Bonchev–Trinajstić information content (AvgIpc) is 3.17. The molecule has 0 saturated carbocycles. The molecule has 0 amide bonds. The molecule has 14 nitrogen and oxygen atoms in total. The summed E-state index contributed by atoms with van der Waals surface area (Å²) in [5, 5.41) is 5.33. The van der Waals surface area contributed by atoms with Gasteiger partial charge in [-0.1, -0.05) is 0 Å². The first-order valence-electron chi connectivity index (χ1n) is 9.54. The third-order valence-electron chi connectivity index (χ3n) is 4.31. The molecule has 15 heteroatoms. The fourth-order valence-electron chi connectivity index (χ4n) is 2.79. The van der Waals surface area contributed by atoms with Gasteiger partial charge in [-0.25, -0.2) is 15.2 Å². The van der Waals surface area contributed by atoms with Crippen molar-refractivity contribution in [1.82, 2.24) is 29.7 Å². The minimum Gasteiger partial charge on any atom is -0.479 e. The number of ether oxygens (including phenoxy) is 4. The van der Waals surface area contributed by atoms with Crippen LogP contribution < -0.4 is 20.6 Å². The number of nitrogens with one attached hydrogen (secondary N) is 2. The summed E-state index contributed by atoms with van der Waals surface area (Å²) in [7, 11) is 0.326. The highest BCUT2D eigenvalue weighted by Crippen LogP contribution is 2.37. The van der Waals surface area contributed by atoms with Gasteiger partial charge in [-0.2, -0.15) is 9.97 Å². The van der Waals surface area contributed by atoms with Crippen LogP contribution in [0.1, 0.15) is 13.8 Å². The maximum absolute atomic E-state index is 13.3. The van der Waals surface area contributed by atoms with Gasteiger partial charge in [0.05, 0.1) is 34.3 Å². The van der Waals surface area contributed by atoms with Gasteiger partial charge in [0.15, 0.2) is 11.2 Å². The molecule has 0 aliphatic heterocycles. The number of hydrogen-bond acceptors (Lipinski definition) is 11. The fraction of sp³-hybridized carbons (Fsp3) is 0.588. The molecule has 0 aliphatic rings. The topological polar surface area (TPSA) is 182 Å². The predicted octanol–water partition coefficient (Wildman–Crippen LogP) is -0.113. The van der Waals surface area contributed by atoms with Gasteiger partial charge in [0, 0.05) is 6.54 Å². The van der Waals surface area contributed by atoms with Crippen molar-refractivity contribution in [2.45, 2.75) is 32.5 Å². The first-order valence-corrected chi connectivity index (χ1v) is 11.4. The van der Waals surface area contributed by atoms with Gasteiger partial charge in [0.25, 0.3) is 0 Å². The summed E-state index contributed by atoms with van der Waals surface area (Å²) in [6.45, 7) is 3.38. The van der Waals surface area contributed by atoms with Gasteiger partial charge in [0.2, 0.25) is 19.3 Å². The molecule has 0 bridgehead atoms. The van der Waals surface area contributed by atoms with Gasteiger partial charge in [0.1, 0.15) is 18.4 Å². The van der Waals surface area contributed by atoms with Crippen molar-refractivity contribution in [2.24, 2.45) is 0 Å². The SMILES string of the molecule is COC(=O)[C@@H](C)NP(=O)(COCCn1cnc2c(OC)nc(N)nc21)N[C@H](C)C(=O)OC. The molecule has 2 atom stereocenters. The van der Waals surface area contributed by atoms with Crippen molar-refractivity contribution in [3.05, 3.63) is 6.33 Å². The quantitative estimate of drug-likeness (QED) is 0.211. The zero-order valence-corrected chi connectivity index (χ0v) is 19.4. The molecule has 0 aliphatic carbocycles. The number of hydrogen-bond donors (Lipinski definition) is 3. The Labute approximate surface area is 184 Å². The molecular formula is C17H28N7O7P. The van der Waals surface area contributed by atoms with Gasteiger partial charge in [-0.05, 0) is 13.8 Å². The van der Waals surface area contributed by atoms with Crippen LogP contribution in [-0.4, -0.2) is 77.8 Å². The summed E-state index contributed by atoms with van der Waals surface area (Å²) < 4.78 is 35.1. The first kappa shape index (κ1) is 25.5. The zero-order chi connectivity index (χ0) is 23.9. The molecule has 4 N–H and O–H groups in total. The molecule has 2 rings (SSSR count). The molecule has 0 aromatic carbocycles. The van der Waals surface area contributed by atoms with Crippen molar-refractivity contribution < 1.29 is 33.1 Å². The summed E-state index contributed by atoms with van der Waals surface area (Å²) in [5.74, 6) is -0.954. The minimum absolute atomic E-state index is 0.0310. The van der Waals surface area contributed by atoms with Crippen LogP contribution in [0.15, 0.2) is 6.33 Å². The van der Waals surface area contributed by atoms with Crippen LogP contribution in [0.2, 0.25) is 0 Å². The summed E-state index contributed by atoms with van der Waals surface area (Å²) >= 11 is 0. The number of anilines is 1. The van der Waals surface area contributed by atoms with E-state index in [-0.39, 0.29) is 24.8 Å². The number of esters is 2. The van der Waals surface area contributed by atoms with Crippen LogP contribution in [0.5, 0.6) is 5.88 Å². The number of aromatic nitrogens is 4. The number of nitrogen functional groups attached to an aromatic ring is 1. The smallest absolute Gasteiger partial charge is 0.322 e. The lowest BCUT2D eigenvalue weighted by atomic mass is 10.4. The third-order valence-corrected chi connectivity index (χ3v) is 6.46. The highest BCUT2D eigenvalue weighted by molar-refractivity contribution is 7.59. The van der Waals surface area contributed by atoms with E-state index in [0.29, 0.717) is 17.7 Å². The number of imidazole rings is 1. The van der Waals surface area contributed by atoms with E-state index in [1.807, 2.05) is 0 Å². The Kier molecular flexibility index (Phi) is 8.89. The van der Waals surface area contributed by atoms with Gasteiger partial charge in [-0.15, -0.1) is 0 Å². The molecule has 2 heterocycles. The molecule has 32 heavy (non-hydrogen) atoms. The van der Waals surface area contributed by atoms with E-state index in [9.17, 15) is 14.2 Å². The molecule has 0 saturated heterocycles. The monoisotopic (exact) mass is 473 g/mol. The Hall–Kier alpha value is -2.80. The Morgan fingerprint density at radius 2 is 1.72 bits per heavy atom. The van der Waals surface area contributed by atoms with E-state index in [4.69, 9.17) is 15.2 Å². The Morgan fingerprint density at radius 1 is 1.12 bits per heavy atom. The van der Waals surface area contributed by atoms with Gasteiger partial charge in [-0.3, -0.25) is 14.2 Å². The maximum atomic E-state index is 13.3. The van der Waals surface area contributed by atoms with E-state index in [0.717, 1.165) is 0 Å². The molecule has 2 aromatic heterocycles. The molecule has 0 unspecified atom stereocenters. The van der Waals surface area contributed by atoms with Crippen molar-refractivity contribution in [1.29, 1.82) is 0 Å². The third kappa shape index (κ3) is 6.36. The summed E-state index contributed by atoms with van der Waals surface area (Å²) in [5.41, 5.74) is 6.60. The number of rotatable bonds is 12. The molecule has 0 radical (unpaired) electrons. The van der Waals surface area contributed by atoms with E-state index in [2.05, 4.69) is 34.6 Å². The normalized spacial score (nSPS) is 13.5. The summed E-state index contributed by atoms with van der Waals surface area (Å²) in [4.78, 5) is 35.8. The Balaban J connectivity index is 2.07. The number of nitrogens with zero attached hydrogens (tertiary/aromatic N) is 4. The van der Waals surface area contributed by atoms with Crippen LogP contribution >= 0.6 is 7.44 Å². The maximum Gasteiger partial charge on any atom is 0.322 e. The Bertz CT molecular complexity index is 971. The van der Waals surface area contributed by atoms with Crippen molar-refractivity contribution in [3.63, 3.8) is 0 Å². The first-order chi connectivity index (χ1) is 15.1. The molecule has 0 fully saturated rings. The lowest BCUT2D eigenvalue weighted by Crippen LogP contribution is -2.42. The van der Waals surface area contributed by atoms with Crippen LogP contribution in [0.25, 0.3) is 11.2 Å². The molecular weight excluding hydrogens is 445 g/mol. The van der Waals surface area contributed by atoms with Crippen molar-refractivity contribution >= 4 is 36.5 Å². The number of carbonyl (C=O) groups is 2. The molecule has 2 aromatic rings. The Morgan fingerprint density at radius 3 is 2.25 bits per heavy atom. The number of nitrogens with two attached hydrogens (primary N) is 1. The van der Waals surface area contributed by atoms with Gasteiger partial charge < -0.3 is 29.2 Å². The highest BCUT2D eigenvalue weighted by atomic mass is 31.2. The number of methoxy groups -OCH3 is 3. The van der Waals surface area contributed by atoms with Crippen molar-refractivity contribution in [2.75, 3.05) is 40.0 Å². The predicted molar refractivity (Wildman–Crippen MR) is 114 cm³/mol. The van der Waals surface area contributed by atoms with Crippen LogP contribution in [-0.2, 0) is 34.9 Å². The lowest BCUT2D eigenvalue weighted by Gasteiger charge is -2.25. The number of carbonyl (C=O) groups excluding carboxylic acids is 2. The van der Waals surface area contributed by atoms with Crippen molar-refractivity contribution in [3.8, 4) is 5.88 Å². The van der Waals surface area contributed by atoms with Gasteiger partial charge >= 0.3 is 11.9 Å². The second kappa shape index (κ2) is 11.2. The zero-order valence-electron chi connectivity index (χ0n) is 18.5. The molecule has 0 spiro atoms. The van der Waals surface area contributed by atoms with E-state index < -0.39 is 31.5 Å². The molecule has 178 valence electrons. The lowest BCUT2D eigenvalue weighted by molar-refractivity contribution is -0.142. The average molecular weight is 473 g/mol. The highest BCUT2D eigenvalue weighted by Gasteiger charge is 2.31. The van der Waals surface area contributed by atoms with Crippen LogP contribution in [0.3, 0.4) is 0 Å². The second-order valence-corrected chi connectivity index (χ2v) is 8.98.